The first kappa shape index (κ1) is 14.1. The van der Waals surface area contributed by atoms with E-state index >= 15 is 0 Å². The zero-order valence-corrected chi connectivity index (χ0v) is 12.7. The molecule has 0 radical (unpaired) electrons. The number of carbonyl (C=O) groups is 1. The lowest BCUT2D eigenvalue weighted by molar-refractivity contribution is -0.122. The van der Waals surface area contributed by atoms with Crippen LogP contribution in [0.3, 0.4) is 0 Å². The average molecular weight is 304 g/mol. The summed E-state index contributed by atoms with van der Waals surface area (Å²) in [6.45, 7) is 3.39. The van der Waals surface area contributed by atoms with Gasteiger partial charge in [0.25, 0.3) is 0 Å². The first-order chi connectivity index (χ1) is 10.2. The third-order valence-electron chi connectivity index (χ3n) is 3.97. The maximum absolute atomic E-state index is 12.2. The molecule has 0 aliphatic heterocycles. The number of amides is 1. The van der Waals surface area contributed by atoms with E-state index in [0.717, 1.165) is 23.7 Å². The van der Waals surface area contributed by atoms with Crippen molar-refractivity contribution in [2.24, 2.45) is 5.92 Å². The fourth-order valence-corrected chi connectivity index (χ4v) is 2.79. The third kappa shape index (κ3) is 3.10. The highest BCUT2D eigenvalue weighted by molar-refractivity contribution is 6.30. The van der Waals surface area contributed by atoms with Gasteiger partial charge in [0.2, 0.25) is 5.91 Å². The van der Waals surface area contributed by atoms with E-state index in [4.69, 9.17) is 11.6 Å². The van der Waals surface area contributed by atoms with Gasteiger partial charge in [0.05, 0.1) is 12.2 Å². The smallest absolute Gasteiger partial charge is 0.224 e. The Balaban J connectivity index is 1.55. The van der Waals surface area contributed by atoms with Crippen molar-refractivity contribution in [2.45, 2.75) is 32.4 Å². The van der Waals surface area contributed by atoms with Crippen LogP contribution in [0.15, 0.2) is 36.5 Å². The second-order valence-electron chi connectivity index (χ2n) is 5.36. The number of nitrogens with one attached hydrogen (secondary N) is 1. The Morgan fingerprint density at radius 3 is 2.86 bits per heavy atom. The molecule has 1 fully saturated rings. The van der Waals surface area contributed by atoms with Crippen molar-refractivity contribution in [1.82, 2.24) is 15.1 Å². The van der Waals surface area contributed by atoms with Crippen LogP contribution in [0.4, 0.5) is 0 Å². The minimum absolute atomic E-state index is 0.0872. The molecule has 2 atom stereocenters. The molecule has 1 aliphatic rings. The molecule has 1 aliphatic carbocycles. The SMILES string of the molecule is CCn1nccc1CNC(=O)C1CC1c1ccc(Cl)cc1. The van der Waals surface area contributed by atoms with Gasteiger partial charge in [0.15, 0.2) is 0 Å². The second-order valence-corrected chi connectivity index (χ2v) is 5.79. The maximum Gasteiger partial charge on any atom is 0.224 e. The summed E-state index contributed by atoms with van der Waals surface area (Å²) < 4.78 is 1.89. The fourth-order valence-electron chi connectivity index (χ4n) is 2.67. The number of nitrogens with zero attached hydrogens (tertiary/aromatic N) is 2. The van der Waals surface area contributed by atoms with Crippen LogP contribution in [0.25, 0.3) is 0 Å². The van der Waals surface area contributed by atoms with E-state index in [2.05, 4.69) is 10.4 Å². The van der Waals surface area contributed by atoms with E-state index in [0.29, 0.717) is 12.5 Å². The van der Waals surface area contributed by atoms with Gasteiger partial charge >= 0.3 is 0 Å². The van der Waals surface area contributed by atoms with Gasteiger partial charge in [-0.3, -0.25) is 9.48 Å². The summed E-state index contributed by atoms with van der Waals surface area (Å²) in [4.78, 5) is 12.2. The zero-order chi connectivity index (χ0) is 14.8. The highest BCUT2D eigenvalue weighted by atomic mass is 35.5. The Kier molecular flexibility index (Phi) is 3.97. The third-order valence-corrected chi connectivity index (χ3v) is 4.23. The highest BCUT2D eigenvalue weighted by Crippen LogP contribution is 2.47. The summed E-state index contributed by atoms with van der Waals surface area (Å²) in [6.07, 6.45) is 2.68. The molecule has 110 valence electrons. The number of aromatic nitrogens is 2. The van der Waals surface area contributed by atoms with Crippen molar-refractivity contribution in [1.29, 1.82) is 0 Å². The van der Waals surface area contributed by atoms with Crippen LogP contribution >= 0.6 is 11.6 Å². The molecule has 3 rings (SSSR count). The summed E-state index contributed by atoms with van der Waals surface area (Å²) in [5.74, 6) is 0.543. The van der Waals surface area contributed by atoms with E-state index in [1.165, 1.54) is 5.56 Å². The summed E-state index contributed by atoms with van der Waals surface area (Å²) in [7, 11) is 0. The summed E-state index contributed by atoms with van der Waals surface area (Å²) >= 11 is 5.88. The lowest BCUT2D eigenvalue weighted by Gasteiger charge is -2.07. The number of halogens is 1. The molecular weight excluding hydrogens is 286 g/mol. The fraction of sp³-hybridized carbons (Fsp3) is 0.375. The van der Waals surface area contributed by atoms with Gasteiger partial charge in [-0.25, -0.2) is 0 Å². The molecule has 1 amide bonds. The van der Waals surface area contributed by atoms with Crippen molar-refractivity contribution in [3.8, 4) is 0 Å². The van der Waals surface area contributed by atoms with Gasteiger partial charge < -0.3 is 5.32 Å². The van der Waals surface area contributed by atoms with Crippen molar-refractivity contribution in [3.63, 3.8) is 0 Å². The topological polar surface area (TPSA) is 46.9 Å². The first-order valence-corrected chi connectivity index (χ1v) is 7.60. The molecule has 0 spiro atoms. The lowest BCUT2D eigenvalue weighted by atomic mass is 10.1. The minimum atomic E-state index is 0.0872. The molecule has 2 unspecified atom stereocenters. The highest BCUT2D eigenvalue weighted by Gasteiger charge is 2.43. The van der Waals surface area contributed by atoms with E-state index < -0.39 is 0 Å². The van der Waals surface area contributed by atoms with Crippen LogP contribution in [-0.2, 0) is 17.9 Å². The average Bonchev–Trinajstić information content (AvgIpc) is 3.16. The number of aryl methyl sites for hydroxylation is 1. The lowest BCUT2D eigenvalue weighted by Crippen LogP contribution is -2.26. The molecule has 2 aromatic rings. The maximum atomic E-state index is 12.2. The number of hydrogen-bond donors (Lipinski definition) is 1. The largest absolute Gasteiger partial charge is 0.350 e. The van der Waals surface area contributed by atoms with Crippen molar-refractivity contribution < 1.29 is 4.79 Å². The minimum Gasteiger partial charge on any atom is -0.350 e. The molecule has 1 saturated carbocycles. The Morgan fingerprint density at radius 2 is 2.14 bits per heavy atom. The van der Waals surface area contributed by atoms with Gasteiger partial charge in [-0.05, 0) is 43.0 Å². The van der Waals surface area contributed by atoms with Crippen LogP contribution in [0.2, 0.25) is 5.02 Å². The second kappa shape index (κ2) is 5.90. The Bertz CT molecular complexity index is 635. The van der Waals surface area contributed by atoms with E-state index in [-0.39, 0.29) is 11.8 Å². The number of rotatable bonds is 5. The number of benzene rings is 1. The van der Waals surface area contributed by atoms with Crippen LogP contribution < -0.4 is 5.32 Å². The van der Waals surface area contributed by atoms with Gasteiger partial charge in [-0.1, -0.05) is 23.7 Å². The Morgan fingerprint density at radius 1 is 1.38 bits per heavy atom. The van der Waals surface area contributed by atoms with Gasteiger partial charge in [-0.2, -0.15) is 5.10 Å². The van der Waals surface area contributed by atoms with Gasteiger partial charge in [0, 0.05) is 23.7 Å². The van der Waals surface area contributed by atoms with Crippen LogP contribution in [0.1, 0.15) is 30.5 Å². The molecule has 1 aromatic heterocycles. The van der Waals surface area contributed by atoms with E-state index in [1.807, 2.05) is 41.9 Å². The summed E-state index contributed by atoms with van der Waals surface area (Å²) in [5, 5.41) is 7.93. The molecule has 21 heavy (non-hydrogen) atoms. The molecule has 0 bridgehead atoms. The first-order valence-electron chi connectivity index (χ1n) is 7.23. The zero-order valence-electron chi connectivity index (χ0n) is 11.9. The predicted molar refractivity (Wildman–Crippen MR) is 82.0 cm³/mol. The molecule has 1 heterocycles. The van der Waals surface area contributed by atoms with Crippen LogP contribution in [-0.4, -0.2) is 15.7 Å². The standard InChI is InChI=1S/C16H18ClN3O/c1-2-20-13(7-8-19-20)10-18-16(21)15-9-14(15)11-3-5-12(17)6-4-11/h3-8,14-15H,2,9-10H2,1H3,(H,18,21). The van der Waals surface area contributed by atoms with Crippen molar-refractivity contribution >= 4 is 17.5 Å². The molecular formula is C16H18ClN3O. The van der Waals surface area contributed by atoms with Crippen LogP contribution in [0.5, 0.6) is 0 Å². The molecule has 5 heteroatoms. The Hall–Kier alpha value is -1.81. The quantitative estimate of drug-likeness (QED) is 0.923. The van der Waals surface area contributed by atoms with Crippen LogP contribution in [0, 0.1) is 5.92 Å². The van der Waals surface area contributed by atoms with E-state index in [1.54, 1.807) is 6.20 Å². The summed E-state index contributed by atoms with van der Waals surface area (Å²) in [5.41, 5.74) is 2.23. The van der Waals surface area contributed by atoms with Crippen molar-refractivity contribution in [2.75, 3.05) is 0 Å². The molecule has 4 nitrogen and oxygen atoms in total. The monoisotopic (exact) mass is 303 g/mol. The van der Waals surface area contributed by atoms with Gasteiger partial charge in [0.1, 0.15) is 0 Å². The van der Waals surface area contributed by atoms with Gasteiger partial charge in [-0.15, -0.1) is 0 Å². The molecule has 1 aromatic carbocycles. The van der Waals surface area contributed by atoms with Crippen molar-refractivity contribution in [3.05, 3.63) is 52.8 Å². The number of hydrogen-bond acceptors (Lipinski definition) is 2. The predicted octanol–water partition coefficient (Wildman–Crippen LogP) is 2.98. The molecule has 1 N–H and O–H groups in total. The molecule has 0 saturated heterocycles. The summed E-state index contributed by atoms with van der Waals surface area (Å²) in [6, 6.07) is 9.71. The van der Waals surface area contributed by atoms with E-state index in [9.17, 15) is 4.79 Å². The normalized spacial score (nSPS) is 20.3. The Labute approximate surface area is 129 Å². The number of carbonyl (C=O) groups excluding carboxylic acids is 1.